The van der Waals surface area contributed by atoms with Gasteiger partial charge in [-0.05, 0) is 56.2 Å². The Labute approximate surface area is 196 Å². The van der Waals surface area contributed by atoms with Gasteiger partial charge in [0.05, 0.1) is 17.5 Å². The van der Waals surface area contributed by atoms with Gasteiger partial charge in [-0.2, -0.15) is 0 Å². The summed E-state index contributed by atoms with van der Waals surface area (Å²) < 4.78 is 5.81. The summed E-state index contributed by atoms with van der Waals surface area (Å²) >= 11 is 13.7. The van der Waals surface area contributed by atoms with E-state index >= 15 is 0 Å². The van der Waals surface area contributed by atoms with Crippen LogP contribution in [0, 0.1) is 0 Å². The SMILES string of the molecule is CS[C@H]1O[C@H](C(NC(=O)[C@@H]2C[C@H](c3cccc(Cl)c3)CCN2)[C@H](C)Cl)[C@H](O)[C@H](O)[C@H]1O. The Hall–Kier alpha value is -0.580. The van der Waals surface area contributed by atoms with Gasteiger partial charge in [-0.3, -0.25) is 4.79 Å². The molecule has 5 N–H and O–H groups in total. The van der Waals surface area contributed by atoms with Crippen molar-refractivity contribution >= 4 is 40.9 Å². The molecule has 0 aliphatic carbocycles. The molecule has 2 saturated heterocycles. The fourth-order valence-corrected chi connectivity index (χ4v) is 5.35. The lowest BCUT2D eigenvalue weighted by molar-refractivity contribution is -0.205. The van der Waals surface area contributed by atoms with E-state index in [1.807, 2.05) is 24.3 Å². The van der Waals surface area contributed by atoms with E-state index < -0.39 is 47.3 Å². The first-order chi connectivity index (χ1) is 14.7. The molecule has 0 spiro atoms. The van der Waals surface area contributed by atoms with Crippen molar-refractivity contribution < 1.29 is 24.9 Å². The summed E-state index contributed by atoms with van der Waals surface area (Å²) in [4.78, 5) is 13.1. The number of aliphatic hydroxyl groups is 3. The first kappa shape index (κ1) is 25.1. The number of piperidine rings is 1. The lowest BCUT2D eigenvalue weighted by Gasteiger charge is -2.44. The van der Waals surface area contributed by atoms with E-state index in [1.54, 1.807) is 13.2 Å². The average molecular weight is 493 g/mol. The highest BCUT2D eigenvalue weighted by atomic mass is 35.5. The second-order valence-corrected chi connectivity index (χ2v) is 10.2. The minimum absolute atomic E-state index is 0.192. The first-order valence-corrected chi connectivity index (χ1v) is 12.5. The van der Waals surface area contributed by atoms with Gasteiger partial charge in [0.2, 0.25) is 5.91 Å². The molecule has 0 bridgehead atoms. The van der Waals surface area contributed by atoms with E-state index in [2.05, 4.69) is 10.6 Å². The van der Waals surface area contributed by atoms with Crippen LogP contribution in [0.4, 0.5) is 0 Å². The summed E-state index contributed by atoms with van der Waals surface area (Å²) in [7, 11) is 0. The second-order valence-electron chi connectivity index (χ2n) is 8.17. The van der Waals surface area contributed by atoms with Crippen LogP contribution in [0.15, 0.2) is 24.3 Å². The Bertz CT molecular complexity index is 756. The standard InChI is InChI=1S/C21H30Cl2N2O5S/c1-10(22)15(19-17(27)16(26)18(28)21(30-19)31-2)25-20(29)14-9-12(6-7-24-14)11-4-3-5-13(23)8-11/h3-5,8,10,12,14-19,21,24,26-28H,6-7,9H2,1-2H3,(H,25,29)/t10-,12+,14-,15?,16-,17+,18+,19+,21+/m0/s1. The van der Waals surface area contributed by atoms with Crippen molar-refractivity contribution in [3.63, 3.8) is 0 Å². The van der Waals surface area contributed by atoms with Crippen molar-refractivity contribution in [2.45, 2.75) is 73.0 Å². The molecule has 1 unspecified atom stereocenters. The molecule has 2 aliphatic rings. The molecule has 3 rings (SSSR count). The van der Waals surface area contributed by atoms with Crippen LogP contribution in [0.5, 0.6) is 0 Å². The molecule has 0 saturated carbocycles. The Morgan fingerprint density at radius 3 is 2.68 bits per heavy atom. The predicted molar refractivity (Wildman–Crippen MR) is 123 cm³/mol. The van der Waals surface area contributed by atoms with Gasteiger partial charge in [-0.15, -0.1) is 23.4 Å². The third-order valence-corrected chi connectivity index (χ3v) is 7.40. The van der Waals surface area contributed by atoms with Gasteiger partial charge in [0.25, 0.3) is 0 Å². The lowest BCUT2D eigenvalue weighted by atomic mass is 9.86. The number of benzene rings is 1. The van der Waals surface area contributed by atoms with Crippen LogP contribution in [-0.2, 0) is 9.53 Å². The number of nitrogens with one attached hydrogen (secondary N) is 2. The second kappa shape index (κ2) is 11.0. The highest BCUT2D eigenvalue weighted by molar-refractivity contribution is 7.99. The van der Waals surface area contributed by atoms with E-state index in [4.69, 9.17) is 27.9 Å². The third-order valence-electron chi connectivity index (χ3n) is 6.04. The van der Waals surface area contributed by atoms with Crippen molar-refractivity contribution in [2.24, 2.45) is 0 Å². The van der Waals surface area contributed by atoms with Crippen molar-refractivity contribution in [1.82, 2.24) is 10.6 Å². The van der Waals surface area contributed by atoms with Crippen LogP contribution in [0.1, 0.15) is 31.2 Å². The van der Waals surface area contributed by atoms with Gasteiger partial charge < -0.3 is 30.7 Å². The van der Waals surface area contributed by atoms with Crippen molar-refractivity contribution in [3.05, 3.63) is 34.9 Å². The maximum Gasteiger partial charge on any atom is 0.237 e. The molecule has 1 aromatic rings. The summed E-state index contributed by atoms with van der Waals surface area (Å²) in [6, 6.07) is 6.48. The Balaban J connectivity index is 1.70. The zero-order chi connectivity index (χ0) is 22.7. The molecule has 31 heavy (non-hydrogen) atoms. The number of ether oxygens (including phenoxy) is 1. The average Bonchev–Trinajstić information content (AvgIpc) is 2.76. The minimum Gasteiger partial charge on any atom is -0.388 e. The summed E-state index contributed by atoms with van der Waals surface area (Å²) in [6.45, 7) is 2.37. The van der Waals surface area contributed by atoms with Crippen molar-refractivity contribution in [2.75, 3.05) is 12.8 Å². The van der Waals surface area contributed by atoms with Gasteiger partial charge >= 0.3 is 0 Å². The number of aliphatic hydroxyl groups excluding tert-OH is 3. The molecule has 174 valence electrons. The molecule has 2 fully saturated rings. The molecule has 0 aromatic heterocycles. The molecular formula is C21H30Cl2N2O5S. The van der Waals surface area contributed by atoms with E-state index in [1.165, 1.54) is 11.8 Å². The molecule has 1 amide bonds. The normalized spacial score (nSPS) is 35.9. The maximum atomic E-state index is 13.1. The number of halogens is 2. The molecular weight excluding hydrogens is 463 g/mol. The van der Waals surface area contributed by atoms with Crippen LogP contribution in [0.25, 0.3) is 0 Å². The molecule has 7 nitrogen and oxygen atoms in total. The highest BCUT2D eigenvalue weighted by Crippen LogP contribution is 2.32. The highest BCUT2D eigenvalue weighted by Gasteiger charge is 2.48. The Kier molecular flexibility index (Phi) is 8.91. The van der Waals surface area contributed by atoms with Crippen LogP contribution in [0.2, 0.25) is 5.02 Å². The zero-order valence-electron chi connectivity index (χ0n) is 17.4. The molecule has 1 aromatic carbocycles. The van der Waals surface area contributed by atoms with Crippen molar-refractivity contribution in [3.8, 4) is 0 Å². The molecule has 2 heterocycles. The molecule has 0 radical (unpaired) electrons. The number of hydrogen-bond acceptors (Lipinski definition) is 7. The van der Waals surface area contributed by atoms with E-state index in [0.29, 0.717) is 18.0 Å². The fraction of sp³-hybridized carbons (Fsp3) is 0.667. The number of rotatable bonds is 6. The molecule has 10 heteroatoms. The number of hydrogen-bond donors (Lipinski definition) is 5. The third kappa shape index (κ3) is 5.86. The Morgan fingerprint density at radius 1 is 1.29 bits per heavy atom. The largest absolute Gasteiger partial charge is 0.388 e. The predicted octanol–water partition coefficient (Wildman–Crippen LogP) is 1.46. The smallest absolute Gasteiger partial charge is 0.237 e. The summed E-state index contributed by atoms with van der Waals surface area (Å²) in [5, 5.41) is 37.1. The number of carbonyl (C=O) groups is 1. The summed E-state index contributed by atoms with van der Waals surface area (Å²) in [5.74, 6) is -0.0571. The maximum absolute atomic E-state index is 13.1. The Morgan fingerprint density at radius 2 is 2.03 bits per heavy atom. The lowest BCUT2D eigenvalue weighted by Crippen LogP contribution is -2.65. The topological polar surface area (TPSA) is 111 Å². The van der Waals surface area contributed by atoms with Gasteiger partial charge in [0.15, 0.2) is 0 Å². The van der Waals surface area contributed by atoms with Crippen LogP contribution >= 0.6 is 35.0 Å². The van der Waals surface area contributed by atoms with Gasteiger partial charge in [-0.25, -0.2) is 0 Å². The minimum atomic E-state index is -1.40. The van der Waals surface area contributed by atoms with Crippen molar-refractivity contribution in [1.29, 1.82) is 0 Å². The van der Waals surface area contributed by atoms with Crippen LogP contribution < -0.4 is 10.6 Å². The molecule has 2 aliphatic heterocycles. The van der Waals surface area contributed by atoms with E-state index in [9.17, 15) is 20.1 Å². The summed E-state index contributed by atoms with van der Waals surface area (Å²) in [6.07, 6.45) is -1.76. The van der Waals surface area contributed by atoms with Crippen LogP contribution in [0.3, 0.4) is 0 Å². The fourth-order valence-electron chi connectivity index (χ4n) is 4.27. The van der Waals surface area contributed by atoms with Gasteiger partial charge in [0, 0.05) is 5.02 Å². The van der Waals surface area contributed by atoms with E-state index in [-0.39, 0.29) is 11.8 Å². The van der Waals surface area contributed by atoms with Crippen LogP contribution in [-0.4, -0.2) is 81.3 Å². The van der Waals surface area contributed by atoms with Gasteiger partial charge in [0.1, 0.15) is 29.9 Å². The zero-order valence-corrected chi connectivity index (χ0v) is 19.8. The number of amides is 1. The monoisotopic (exact) mass is 492 g/mol. The van der Waals surface area contributed by atoms with E-state index in [0.717, 1.165) is 12.0 Å². The number of alkyl halides is 1. The molecule has 9 atom stereocenters. The number of carbonyl (C=O) groups excluding carboxylic acids is 1. The number of thioether (sulfide) groups is 1. The first-order valence-electron chi connectivity index (χ1n) is 10.4. The quantitative estimate of drug-likeness (QED) is 0.382. The summed E-state index contributed by atoms with van der Waals surface area (Å²) in [5.41, 5.74) is 0.359. The van der Waals surface area contributed by atoms with Gasteiger partial charge in [-0.1, -0.05) is 23.7 Å².